The van der Waals surface area contributed by atoms with E-state index in [1.807, 2.05) is 23.3 Å². The summed E-state index contributed by atoms with van der Waals surface area (Å²) in [6, 6.07) is 1.94. The summed E-state index contributed by atoms with van der Waals surface area (Å²) in [5, 5.41) is 9.44. The fourth-order valence-corrected chi connectivity index (χ4v) is 4.28. The van der Waals surface area contributed by atoms with Gasteiger partial charge < -0.3 is 10.2 Å². The highest BCUT2D eigenvalue weighted by Crippen LogP contribution is 2.31. The molecule has 2 amide bonds. The Morgan fingerprint density at radius 2 is 2.14 bits per heavy atom. The van der Waals surface area contributed by atoms with Crippen LogP contribution in [0, 0.1) is 6.92 Å². The van der Waals surface area contributed by atoms with Crippen LogP contribution in [0.25, 0.3) is 11.2 Å². The van der Waals surface area contributed by atoms with Crippen LogP contribution in [0.3, 0.4) is 0 Å². The summed E-state index contributed by atoms with van der Waals surface area (Å²) in [6.45, 7) is 5.84. The fraction of sp³-hybridized carbons (Fsp3) is 0.421. The van der Waals surface area contributed by atoms with Gasteiger partial charge in [-0.2, -0.15) is 5.10 Å². The molecule has 0 spiro atoms. The summed E-state index contributed by atoms with van der Waals surface area (Å²) < 4.78 is 1.79. The number of nitrogens with one attached hydrogen (secondary N) is 1. The van der Waals surface area contributed by atoms with Gasteiger partial charge in [0, 0.05) is 55.1 Å². The molecule has 0 aromatic carbocycles. The minimum absolute atomic E-state index is 0.0728. The molecule has 3 aromatic heterocycles. The van der Waals surface area contributed by atoms with Crippen LogP contribution in [0.1, 0.15) is 40.2 Å². The first-order chi connectivity index (χ1) is 13.5. The van der Waals surface area contributed by atoms with Crippen molar-refractivity contribution in [3.05, 3.63) is 40.0 Å². The van der Waals surface area contributed by atoms with Crippen molar-refractivity contribution < 1.29 is 9.59 Å². The number of amides is 2. The molecule has 0 bridgehead atoms. The molecule has 0 aliphatic carbocycles. The van der Waals surface area contributed by atoms with Gasteiger partial charge in [-0.3, -0.25) is 9.59 Å². The maximum atomic E-state index is 12.7. The zero-order valence-electron chi connectivity index (χ0n) is 15.9. The predicted molar refractivity (Wildman–Crippen MR) is 106 cm³/mol. The van der Waals surface area contributed by atoms with Gasteiger partial charge in [0.15, 0.2) is 5.65 Å². The van der Waals surface area contributed by atoms with E-state index in [9.17, 15) is 9.59 Å². The van der Waals surface area contributed by atoms with Crippen molar-refractivity contribution in [1.82, 2.24) is 30.0 Å². The molecule has 28 heavy (non-hydrogen) atoms. The second-order valence-electron chi connectivity index (χ2n) is 7.00. The molecule has 1 saturated heterocycles. The van der Waals surface area contributed by atoms with Crippen LogP contribution in [0.15, 0.2) is 23.8 Å². The van der Waals surface area contributed by atoms with Gasteiger partial charge in [0.1, 0.15) is 5.52 Å². The number of carbonyl (C=O) groups excluding carboxylic acids is 2. The van der Waals surface area contributed by atoms with Crippen LogP contribution < -0.4 is 5.32 Å². The van der Waals surface area contributed by atoms with Crippen molar-refractivity contribution in [2.75, 3.05) is 19.6 Å². The summed E-state index contributed by atoms with van der Waals surface area (Å²) in [5.41, 5.74) is 3.12. The maximum absolute atomic E-state index is 12.7. The van der Waals surface area contributed by atoms with E-state index in [1.54, 1.807) is 28.4 Å². The highest BCUT2D eigenvalue weighted by Gasteiger charge is 2.32. The zero-order valence-corrected chi connectivity index (χ0v) is 16.7. The Balaban J connectivity index is 1.54. The lowest BCUT2D eigenvalue weighted by atomic mass is 10.0. The average Bonchev–Trinajstić information content (AvgIpc) is 3.39. The Kier molecular flexibility index (Phi) is 5.08. The van der Waals surface area contributed by atoms with Gasteiger partial charge in [0.05, 0.1) is 17.8 Å². The van der Waals surface area contributed by atoms with Crippen LogP contribution in [-0.2, 0) is 11.3 Å². The first kappa shape index (κ1) is 18.5. The smallest absolute Gasteiger partial charge is 0.254 e. The number of aryl methyl sites for hydroxylation is 1. The third-order valence-electron chi connectivity index (χ3n) is 4.93. The SMILES string of the molecule is CC(=O)NCCn1nc([C@@H]2CCN(C(=O)c3csc(C)c3)C2)c2nccnc21. The van der Waals surface area contributed by atoms with Crippen LogP contribution >= 0.6 is 11.3 Å². The van der Waals surface area contributed by atoms with Crippen molar-refractivity contribution in [1.29, 1.82) is 0 Å². The second kappa shape index (κ2) is 7.67. The summed E-state index contributed by atoms with van der Waals surface area (Å²) in [4.78, 5) is 35.8. The molecule has 1 aliphatic heterocycles. The van der Waals surface area contributed by atoms with Crippen LogP contribution in [0.5, 0.6) is 0 Å². The molecule has 9 heteroatoms. The summed E-state index contributed by atoms with van der Waals surface area (Å²) in [7, 11) is 0. The number of aromatic nitrogens is 4. The van der Waals surface area contributed by atoms with E-state index in [0.29, 0.717) is 31.8 Å². The Morgan fingerprint density at radius 3 is 2.89 bits per heavy atom. The van der Waals surface area contributed by atoms with Crippen LogP contribution in [0.4, 0.5) is 0 Å². The molecule has 1 fully saturated rings. The van der Waals surface area contributed by atoms with Gasteiger partial charge in [-0.1, -0.05) is 0 Å². The number of thiophene rings is 1. The number of carbonyl (C=O) groups is 2. The monoisotopic (exact) mass is 398 g/mol. The van der Waals surface area contributed by atoms with Crippen molar-refractivity contribution in [3.63, 3.8) is 0 Å². The largest absolute Gasteiger partial charge is 0.354 e. The lowest BCUT2D eigenvalue weighted by Gasteiger charge is -2.15. The summed E-state index contributed by atoms with van der Waals surface area (Å²) in [5.74, 6) is 0.133. The molecule has 4 rings (SSSR count). The first-order valence-electron chi connectivity index (χ1n) is 9.29. The summed E-state index contributed by atoms with van der Waals surface area (Å²) >= 11 is 1.59. The van der Waals surface area contributed by atoms with Gasteiger partial charge in [0.25, 0.3) is 5.91 Å². The molecular formula is C19H22N6O2S. The minimum atomic E-state index is -0.0728. The Bertz CT molecular complexity index is 1030. The summed E-state index contributed by atoms with van der Waals surface area (Å²) in [6.07, 6.45) is 4.16. The van der Waals surface area contributed by atoms with Crippen molar-refractivity contribution in [3.8, 4) is 0 Å². The van der Waals surface area contributed by atoms with Gasteiger partial charge in [-0.05, 0) is 19.4 Å². The average molecular weight is 398 g/mol. The quantitative estimate of drug-likeness (QED) is 0.709. The third kappa shape index (κ3) is 3.62. The molecule has 4 heterocycles. The highest BCUT2D eigenvalue weighted by molar-refractivity contribution is 7.10. The fourth-order valence-electron chi connectivity index (χ4n) is 3.60. The number of hydrogen-bond acceptors (Lipinski definition) is 6. The van der Waals surface area contributed by atoms with E-state index in [2.05, 4.69) is 15.3 Å². The molecule has 0 radical (unpaired) electrons. The van der Waals surface area contributed by atoms with Gasteiger partial charge in [-0.15, -0.1) is 11.3 Å². The number of hydrogen-bond donors (Lipinski definition) is 1. The molecule has 0 saturated carbocycles. The Hall–Kier alpha value is -2.81. The van der Waals surface area contributed by atoms with Gasteiger partial charge in [-0.25, -0.2) is 14.6 Å². The minimum Gasteiger partial charge on any atom is -0.354 e. The van der Waals surface area contributed by atoms with Crippen molar-refractivity contribution in [2.45, 2.75) is 32.7 Å². The van der Waals surface area contributed by atoms with E-state index >= 15 is 0 Å². The van der Waals surface area contributed by atoms with E-state index in [0.717, 1.165) is 28.1 Å². The van der Waals surface area contributed by atoms with E-state index in [4.69, 9.17) is 5.10 Å². The molecule has 1 N–H and O–H groups in total. The maximum Gasteiger partial charge on any atom is 0.254 e. The molecule has 8 nitrogen and oxygen atoms in total. The molecule has 0 unspecified atom stereocenters. The topological polar surface area (TPSA) is 93.0 Å². The molecule has 146 valence electrons. The van der Waals surface area contributed by atoms with Crippen molar-refractivity contribution >= 4 is 34.3 Å². The van der Waals surface area contributed by atoms with Crippen molar-refractivity contribution in [2.24, 2.45) is 0 Å². The second-order valence-corrected chi connectivity index (χ2v) is 8.12. The number of fused-ring (bicyclic) bond motifs is 1. The predicted octanol–water partition coefficient (Wildman–Crippen LogP) is 1.96. The van der Waals surface area contributed by atoms with E-state index < -0.39 is 0 Å². The molecule has 1 atom stereocenters. The molecular weight excluding hydrogens is 376 g/mol. The van der Waals surface area contributed by atoms with Gasteiger partial charge >= 0.3 is 0 Å². The number of rotatable bonds is 5. The first-order valence-corrected chi connectivity index (χ1v) is 10.2. The van der Waals surface area contributed by atoms with E-state index in [-0.39, 0.29) is 17.7 Å². The van der Waals surface area contributed by atoms with Crippen LogP contribution in [0.2, 0.25) is 0 Å². The van der Waals surface area contributed by atoms with Crippen LogP contribution in [-0.4, -0.2) is 56.1 Å². The zero-order chi connectivity index (χ0) is 19.7. The number of likely N-dealkylation sites (tertiary alicyclic amines) is 1. The third-order valence-corrected chi connectivity index (χ3v) is 5.79. The Labute approximate surface area is 166 Å². The van der Waals surface area contributed by atoms with E-state index in [1.165, 1.54) is 6.92 Å². The highest BCUT2D eigenvalue weighted by atomic mass is 32.1. The Morgan fingerprint density at radius 1 is 1.32 bits per heavy atom. The molecule has 1 aliphatic rings. The normalized spacial score (nSPS) is 16.6. The number of nitrogens with zero attached hydrogens (tertiary/aromatic N) is 5. The standard InChI is InChI=1S/C19H22N6O2S/c1-12-9-15(11-28-12)19(27)24-7-3-14(10-24)16-17-18(22-5-4-21-17)25(23-16)8-6-20-13(2)26/h4-5,9,11,14H,3,6-8,10H2,1-2H3,(H,20,26)/t14-/m1/s1. The lowest BCUT2D eigenvalue weighted by Crippen LogP contribution is -2.28. The van der Waals surface area contributed by atoms with Gasteiger partial charge in [0.2, 0.25) is 5.91 Å². The lowest BCUT2D eigenvalue weighted by molar-refractivity contribution is -0.118. The molecule has 3 aromatic rings.